The van der Waals surface area contributed by atoms with E-state index >= 15 is 0 Å². The zero-order chi connectivity index (χ0) is 6.97. The van der Waals surface area contributed by atoms with Gasteiger partial charge in [0.25, 0.3) is 0 Å². The molecule has 2 aliphatic rings. The Hall–Kier alpha value is -0.0800. The van der Waals surface area contributed by atoms with E-state index in [0.717, 1.165) is 19.2 Å². The largest absolute Gasteiger partial charge is 0.375 e. The van der Waals surface area contributed by atoms with Crippen molar-refractivity contribution in [2.75, 3.05) is 20.2 Å². The van der Waals surface area contributed by atoms with Crippen LogP contribution in [0.1, 0.15) is 19.3 Å². The van der Waals surface area contributed by atoms with Gasteiger partial charge in [0, 0.05) is 12.6 Å². The van der Waals surface area contributed by atoms with Gasteiger partial charge in [-0.2, -0.15) is 0 Å². The summed E-state index contributed by atoms with van der Waals surface area (Å²) in [4.78, 5) is 2.45. The monoisotopic (exact) mass is 141 g/mol. The van der Waals surface area contributed by atoms with Gasteiger partial charge in [0.15, 0.2) is 0 Å². The Balaban J connectivity index is 2.03. The zero-order valence-corrected chi connectivity index (χ0v) is 6.55. The maximum Gasteiger partial charge on any atom is 0.0730 e. The third kappa shape index (κ3) is 0.956. The van der Waals surface area contributed by atoms with E-state index in [0.29, 0.717) is 6.10 Å². The van der Waals surface area contributed by atoms with Gasteiger partial charge < -0.3 is 4.74 Å². The Labute approximate surface area is 62.2 Å². The summed E-state index contributed by atoms with van der Waals surface area (Å²) in [7, 11) is 2.21. The highest BCUT2D eigenvalue weighted by Crippen LogP contribution is 2.28. The molecule has 1 saturated heterocycles. The number of hydrogen-bond donors (Lipinski definition) is 0. The first-order valence-electron chi connectivity index (χ1n) is 4.20. The quantitative estimate of drug-likeness (QED) is 0.496. The second-order valence-corrected chi connectivity index (χ2v) is 3.39. The summed E-state index contributed by atoms with van der Waals surface area (Å²) >= 11 is 0. The van der Waals surface area contributed by atoms with E-state index in [1.54, 1.807) is 0 Å². The Bertz CT molecular complexity index is 126. The molecule has 0 aromatic carbocycles. The van der Waals surface area contributed by atoms with Crippen molar-refractivity contribution in [1.82, 2.24) is 4.90 Å². The van der Waals surface area contributed by atoms with Crippen molar-refractivity contribution in [3.63, 3.8) is 0 Å². The summed E-state index contributed by atoms with van der Waals surface area (Å²) < 4.78 is 5.63. The van der Waals surface area contributed by atoms with Gasteiger partial charge >= 0.3 is 0 Å². The van der Waals surface area contributed by atoms with Crippen molar-refractivity contribution in [3.8, 4) is 0 Å². The standard InChI is InChI=1S/C8H15NO/c1-9-5-6-10-8-4-2-3-7(8)9/h7-8H,2-6H2,1H3/t7-,8+/m1/s1. The molecule has 10 heavy (non-hydrogen) atoms. The van der Waals surface area contributed by atoms with E-state index in [1.165, 1.54) is 19.3 Å². The van der Waals surface area contributed by atoms with Crippen molar-refractivity contribution < 1.29 is 4.74 Å². The molecule has 0 radical (unpaired) electrons. The summed E-state index contributed by atoms with van der Waals surface area (Å²) in [5.41, 5.74) is 0. The highest BCUT2D eigenvalue weighted by Gasteiger charge is 2.33. The Morgan fingerprint density at radius 1 is 1.40 bits per heavy atom. The minimum absolute atomic E-state index is 0.568. The molecule has 2 atom stereocenters. The van der Waals surface area contributed by atoms with Gasteiger partial charge in [-0.3, -0.25) is 4.90 Å². The van der Waals surface area contributed by atoms with Crippen molar-refractivity contribution in [1.29, 1.82) is 0 Å². The third-order valence-corrected chi connectivity index (χ3v) is 2.76. The molecule has 2 fully saturated rings. The van der Waals surface area contributed by atoms with E-state index in [1.807, 2.05) is 0 Å². The lowest BCUT2D eigenvalue weighted by Gasteiger charge is -2.34. The molecule has 0 aromatic heterocycles. The number of nitrogens with zero attached hydrogens (tertiary/aromatic N) is 1. The maximum atomic E-state index is 5.63. The van der Waals surface area contributed by atoms with E-state index in [4.69, 9.17) is 4.74 Å². The molecule has 0 spiro atoms. The number of likely N-dealkylation sites (N-methyl/N-ethyl adjacent to an activating group) is 1. The SMILES string of the molecule is CN1CCO[C@H]2CCC[C@H]21. The van der Waals surface area contributed by atoms with Crippen LogP contribution >= 0.6 is 0 Å². The van der Waals surface area contributed by atoms with Crippen LogP contribution in [-0.4, -0.2) is 37.2 Å². The molecule has 0 aromatic rings. The fourth-order valence-electron chi connectivity index (χ4n) is 2.12. The van der Waals surface area contributed by atoms with Crippen molar-refractivity contribution in [3.05, 3.63) is 0 Å². The fraction of sp³-hybridized carbons (Fsp3) is 1.00. The van der Waals surface area contributed by atoms with Crippen LogP contribution in [0.15, 0.2) is 0 Å². The van der Waals surface area contributed by atoms with Gasteiger partial charge in [-0.15, -0.1) is 0 Å². The molecule has 1 aliphatic heterocycles. The molecule has 0 unspecified atom stereocenters. The van der Waals surface area contributed by atoms with E-state index in [2.05, 4.69) is 11.9 Å². The number of morpholine rings is 1. The first-order valence-corrected chi connectivity index (χ1v) is 4.20. The Morgan fingerprint density at radius 2 is 2.30 bits per heavy atom. The highest BCUT2D eigenvalue weighted by atomic mass is 16.5. The molecule has 0 amide bonds. The van der Waals surface area contributed by atoms with Crippen LogP contribution in [-0.2, 0) is 4.74 Å². The van der Waals surface area contributed by atoms with Crippen LogP contribution < -0.4 is 0 Å². The average Bonchev–Trinajstić information content (AvgIpc) is 2.36. The summed E-state index contributed by atoms with van der Waals surface area (Å²) in [5, 5.41) is 0. The predicted molar refractivity (Wildman–Crippen MR) is 40.0 cm³/mol. The molecular weight excluding hydrogens is 126 g/mol. The normalized spacial score (nSPS) is 41.7. The molecule has 2 heteroatoms. The van der Waals surface area contributed by atoms with Crippen molar-refractivity contribution >= 4 is 0 Å². The lowest BCUT2D eigenvalue weighted by atomic mass is 10.1. The second kappa shape index (κ2) is 2.51. The summed E-state index contributed by atoms with van der Waals surface area (Å²) in [6, 6.07) is 0.744. The van der Waals surface area contributed by atoms with Gasteiger partial charge in [0.2, 0.25) is 0 Å². The molecule has 58 valence electrons. The van der Waals surface area contributed by atoms with Crippen LogP contribution in [0.2, 0.25) is 0 Å². The fourth-order valence-corrected chi connectivity index (χ4v) is 2.12. The smallest absolute Gasteiger partial charge is 0.0730 e. The van der Waals surface area contributed by atoms with Crippen molar-refractivity contribution in [2.45, 2.75) is 31.4 Å². The number of fused-ring (bicyclic) bond motifs is 1. The zero-order valence-electron chi connectivity index (χ0n) is 6.55. The second-order valence-electron chi connectivity index (χ2n) is 3.39. The van der Waals surface area contributed by atoms with Crippen LogP contribution in [0.25, 0.3) is 0 Å². The Kier molecular flexibility index (Phi) is 1.66. The van der Waals surface area contributed by atoms with Gasteiger partial charge in [-0.05, 0) is 26.3 Å². The molecule has 1 heterocycles. The number of hydrogen-bond acceptors (Lipinski definition) is 2. The van der Waals surface area contributed by atoms with Crippen LogP contribution in [0.3, 0.4) is 0 Å². The first-order chi connectivity index (χ1) is 4.88. The molecule has 0 N–H and O–H groups in total. The van der Waals surface area contributed by atoms with Crippen LogP contribution in [0, 0.1) is 0 Å². The average molecular weight is 141 g/mol. The van der Waals surface area contributed by atoms with Gasteiger partial charge in [0.05, 0.1) is 12.7 Å². The maximum absolute atomic E-state index is 5.63. The molecule has 1 saturated carbocycles. The highest BCUT2D eigenvalue weighted by molar-refractivity contribution is 4.87. The minimum Gasteiger partial charge on any atom is -0.375 e. The molecule has 0 bridgehead atoms. The van der Waals surface area contributed by atoms with Gasteiger partial charge in [-0.25, -0.2) is 0 Å². The van der Waals surface area contributed by atoms with E-state index in [-0.39, 0.29) is 0 Å². The summed E-state index contributed by atoms with van der Waals surface area (Å²) in [5.74, 6) is 0. The molecule has 2 rings (SSSR count). The Morgan fingerprint density at radius 3 is 3.10 bits per heavy atom. The first kappa shape index (κ1) is 6.62. The van der Waals surface area contributed by atoms with E-state index in [9.17, 15) is 0 Å². The van der Waals surface area contributed by atoms with Gasteiger partial charge in [0.1, 0.15) is 0 Å². The summed E-state index contributed by atoms with van der Waals surface area (Å²) in [6.45, 7) is 2.07. The van der Waals surface area contributed by atoms with Crippen molar-refractivity contribution in [2.24, 2.45) is 0 Å². The van der Waals surface area contributed by atoms with Crippen LogP contribution in [0.4, 0.5) is 0 Å². The predicted octanol–water partition coefficient (Wildman–Crippen LogP) is 0.869. The number of rotatable bonds is 0. The lowest BCUT2D eigenvalue weighted by Crippen LogP contribution is -2.45. The number of ether oxygens (including phenoxy) is 1. The molecular formula is C8H15NO. The molecule has 1 aliphatic carbocycles. The molecule has 2 nitrogen and oxygen atoms in total. The third-order valence-electron chi connectivity index (χ3n) is 2.76. The summed E-state index contributed by atoms with van der Waals surface area (Å²) in [6.07, 6.45) is 4.56. The minimum atomic E-state index is 0.568. The van der Waals surface area contributed by atoms with Crippen LogP contribution in [0.5, 0.6) is 0 Å². The topological polar surface area (TPSA) is 12.5 Å². The van der Waals surface area contributed by atoms with Gasteiger partial charge in [-0.1, -0.05) is 0 Å². The van der Waals surface area contributed by atoms with E-state index < -0.39 is 0 Å². The lowest BCUT2D eigenvalue weighted by molar-refractivity contribution is -0.0453.